The van der Waals surface area contributed by atoms with Crippen LogP contribution in [0.5, 0.6) is 0 Å². The molecule has 2 aromatic rings. The van der Waals surface area contributed by atoms with Gasteiger partial charge in [-0.3, -0.25) is 9.59 Å². The Hall–Kier alpha value is -2.35. The largest absolute Gasteiger partial charge is 0.455 e. The Morgan fingerprint density at radius 2 is 2.15 bits per heavy atom. The number of hydrogen-bond acceptors (Lipinski definition) is 6. The molecule has 3 heterocycles. The average molecular weight is 374 g/mol. The highest BCUT2D eigenvalue weighted by Crippen LogP contribution is 2.22. The topological polar surface area (TPSA) is 79.5 Å². The van der Waals surface area contributed by atoms with E-state index >= 15 is 0 Å². The number of rotatable bonds is 7. The molecule has 0 spiro atoms. The second-order valence-electron chi connectivity index (χ2n) is 6.27. The zero-order chi connectivity index (χ0) is 18.5. The Balaban J connectivity index is 1.53. The third-order valence-electron chi connectivity index (χ3n) is 4.31. The van der Waals surface area contributed by atoms with Gasteiger partial charge in [-0.15, -0.1) is 0 Å². The minimum atomic E-state index is -0.167. The van der Waals surface area contributed by atoms with Crippen molar-refractivity contribution < 1.29 is 14.0 Å². The molecule has 0 bridgehead atoms. The fourth-order valence-corrected chi connectivity index (χ4v) is 3.70. The van der Waals surface area contributed by atoms with Crippen LogP contribution in [0.15, 0.2) is 40.2 Å². The van der Waals surface area contributed by atoms with E-state index in [2.05, 4.69) is 9.97 Å². The Labute approximate surface area is 156 Å². The number of hydrogen-bond donors (Lipinski definition) is 0. The van der Waals surface area contributed by atoms with E-state index in [4.69, 9.17) is 4.42 Å². The van der Waals surface area contributed by atoms with Crippen LogP contribution in [-0.4, -0.2) is 58.3 Å². The number of nitrogens with zero attached hydrogens (tertiary/aromatic N) is 4. The van der Waals surface area contributed by atoms with Crippen molar-refractivity contribution in [3.05, 3.63) is 42.1 Å². The fraction of sp³-hybridized carbons (Fsp3) is 0.444. The van der Waals surface area contributed by atoms with Gasteiger partial charge in [0.25, 0.3) is 5.91 Å². The van der Waals surface area contributed by atoms with Crippen molar-refractivity contribution >= 4 is 23.6 Å². The number of furan rings is 1. The summed E-state index contributed by atoms with van der Waals surface area (Å²) >= 11 is 1.45. The lowest BCUT2D eigenvalue weighted by Gasteiger charge is -2.20. The Morgan fingerprint density at radius 1 is 1.38 bits per heavy atom. The van der Waals surface area contributed by atoms with Crippen molar-refractivity contribution in [2.45, 2.75) is 24.3 Å². The molecule has 0 saturated carbocycles. The molecule has 0 N–H and O–H groups in total. The van der Waals surface area contributed by atoms with Gasteiger partial charge in [-0.05, 0) is 25.1 Å². The molecule has 1 atom stereocenters. The number of likely N-dealkylation sites (tertiary alicyclic amines) is 1. The molecule has 2 amide bonds. The molecule has 1 saturated heterocycles. The standard InChI is InChI=1S/C18H22N4O3S/c1-3-22-11-13(9-16(22)23)10-21(2)17(24)15-6-5-14(25-15)12-26-18-19-7-4-8-20-18/h4-8,13H,3,9-12H2,1-2H3/t13-/m1/s1. The molecule has 8 heteroatoms. The first-order valence-corrected chi connectivity index (χ1v) is 9.57. The minimum Gasteiger partial charge on any atom is -0.455 e. The van der Waals surface area contributed by atoms with E-state index in [-0.39, 0.29) is 17.7 Å². The SMILES string of the molecule is CCN1C[C@@H](CN(C)C(=O)c2ccc(CSc3ncccn3)o2)CC1=O. The Kier molecular flexibility index (Phi) is 5.92. The van der Waals surface area contributed by atoms with E-state index in [9.17, 15) is 9.59 Å². The van der Waals surface area contributed by atoms with Gasteiger partial charge in [-0.25, -0.2) is 9.97 Å². The van der Waals surface area contributed by atoms with Crippen LogP contribution >= 0.6 is 11.8 Å². The third kappa shape index (κ3) is 4.43. The quantitative estimate of drug-likeness (QED) is 0.547. The summed E-state index contributed by atoms with van der Waals surface area (Å²) in [6.45, 7) is 3.95. The Morgan fingerprint density at radius 3 is 2.85 bits per heavy atom. The lowest BCUT2D eigenvalue weighted by atomic mass is 10.1. The van der Waals surface area contributed by atoms with Gasteiger partial charge in [0.15, 0.2) is 10.9 Å². The molecular weight excluding hydrogens is 352 g/mol. The molecule has 0 unspecified atom stereocenters. The van der Waals surface area contributed by atoms with Crippen molar-refractivity contribution in [2.24, 2.45) is 5.92 Å². The molecule has 0 radical (unpaired) electrons. The molecule has 1 aliphatic rings. The monoisotopic (exact) mass is 374 g/mol. The van der Waals surface area contributed by atoms with Gasteiger partial charge in [0.05, 0.1) is 5.75 Å². The van der Waals surface area contributed by atoms with Crippen LogP contribution < -0.4 is 0 Å². The maximum absolute atomic E-state index is 12.6. The van der Waals surface area contributed by atoms with Gasteiger partial charge in [0, 0.05) is 51.4 Å². The summed E-state index contributed by atoms with van der Waals surface area (Å²) < 4.78 is 5.67. The van der Waals surface area contributed by atoms with Crippen LogP contribution in [0.3, 0.4) is 0 Å². The Bertz CT molecular complexity index is 765. The van der Waals surface area contributed by atoms with Crippen LogP contribution in [0.25, 0.3) is 0 Å². The van der Waals surface area contributed by atoms with Crippen molar-refractivity contribution in [3.63, 3.8) is 0 Å². The first kappa shape index (κ1) is 18.4. The molecule has 0 aromatic carbocycles. The predicted molar refractivity (Wildman–Crippen MR) is 97.6 cm³/mol. The van der Waals surface area contributed by atoms with Crippen LogP contribution in [0.1, 0.15) is 29.7 Å². The molecule has 3 rings (SSSR count). The van der Waals surface area contributed by atoms with E-state index in [1.807, 2.05) is 11.8 Å². The van der Waals surface area contributed by atoms with Crippen molar-refractivity contribution in [1.29, 1.82) is 0 Å². The number of carbonyl (C=O) groups excluding carboxylic acids is 2. The summed E-state index contributed by atoms with van der Waals surface area (Å²) in [6.07, 6.45) is 3.88. The molecular formula is C18H22N4O3S. The van der Waals surface area contributed by atoms with Crippen LogP contribution in [0, 0.1) is 5.92 Å². The highest BCUT2D eigenvalue weighted by Gasteiger charge is 2.30. The van der Waals surface area contributed by atoms with Gasteiger partial charge in [-0.2, -0.15) is 0 Å². The van der Waals surface area contributed by atoms with E-state index in [1.54, 1.807) is 42.5 Å². The summed E-state index contributed by atoms with van der Waals surface area (Å²) in [5, 5.41) is 0.667. The first-order valence-electron chi connectivity index (χ1n) is 8.58. The number of carbonyl (C=O) groups is 2. The van der Waals surface area contributed by atoms with Gasteiger partial charge in [-0.1, -0.05) is 11.8 Å². The van der Waals surface area contributed by atoms with Crippen molar-refractivity contribution in [3.8, 4) is 0 Å². The van der Waals surface area contributed by atoms with Crippen LogP contribution in [0.4, 0.5) is 0 Å². The highest BCUT2D eigenvalue weighted by atomic mass is 32.2. The zero-order valence-corrected chi connectivity index (χ0v) is 15.7. The normalized spacial score (nSPS) is 16.9. The summed E-state index contributed by atoms with van der Waals surface area (Å²) in [7, 11) is 1.75. The molecule has 2 aromatic heterocycles. The number of thioether (sulfide) groups is 1. The lowest BCUT2D eigenvalue weighted by Crippen LogP contribution is -2.33. The second kappa shape index (κ2) is 8.35. The molecule has 7 nitrogen and oxygen atoms in total. The smallest absolute Gasteiger partial charge is 0.289 e. The molecule has 138 valence electrons. The predicted octanol–water partition coefficient (Wildman–Crippen LogP) is 2.30. The number of aromatic nitrogens is 2. The molecule has 1 fully saturated rings. The van der Waals surface area contributed by atoms with Crippen molar-refractivity contribution in [1.82, 2.24) is 19.8 Å². The summed E-state index contributed by atoms with van der Waals surface area (Å²) in [5.74, 6) is 1.75. The second-order valence-corrected chi connectivity index (χ2v) is 7.22. The first-order chi connectivity index (χ1) is 12.6. The zero-order valence-electron chi connectivity index (χ0n) is 14.9. The number of amides is 2. The van der Waals surface area contributed by atoms with E-state index in [0.29, 0.717) is 41.9 Å². The highest BCUT2D eigenvalue weighted by molar-refractivity contribution is 7.98. The van der Waals surface area contributed by atoms with Gasteiger partial charge in [0.1, 0.15) is 5.76 Å². The van der Waals surface area contributed by atoms with E-state index < -0.39 is 0 Å². The van der Waals surface area contributed by atoms with Crippen LogP contribution in [-0.2, 0) is 10.5 Å². The molecule has 0 aliphatic carbocycles. The minimum absolute atomic E-state index is 0.166. The molecule has 26 heavy (non-hydrogen) atoms. The van der Waals surface area contributed by atoms with Gasteiger partial charge >= 0.3 is 0 Å². The fourth-order valence-electron chi connectivity index (χ4n) is 3.01. The molecule has 1 aliphatic heterocycles. The van der Waals surface area contributed by atoms with Crippen LogP contribution in [0.2, 0.25) is 0 Å². The van der Waals surface area contributed by atoms with Gasteiger partial charge < -0.3 is 14.2 Å². The van der Waals surface area contributed by atoms with E-state index in [1.165, 1.54) is 11.8 Å². The maximum atomic E-state index is 12.6. The van der Waals surface area contributed by atoms with Gasteiger partial charge in [0.2, 0.25) is 5.91 Å². The third-order valence-corrected chi connectivity index (χ3v) is 5.21. The summed E-state index contributed by atoms with van der Waals surface area (Å²) in [5.41, 5.74) is 0. The summed E-state index contributed by atoms with van der Waals surface area (Å²) in [4.78, 5) is 36.1. The lowest BCUT2D eigenvalue weighted by molar-refractivity contribution is -0.127. The average Bonchev–Trinajstić information content (AvgIpc) is 3.26. The maximum Gasteiger partial charge on any atom is 0.289 e. The summed E-state index contributed by atoms with van der Waals surface area (Å²) in [6, 6.07) is 5.26. The van der Waals surface area contributed by atoms with E-state index in [0.717, 1.165) is 6.54 Å². The van der Waals surface area contributed by atoms with Crippen molar-refractivity contribution in [2.75, 3.05) is 26.7 Å².